The van der Waals surface area contributed by atoms with Gasteiger partial charge in [0.15, 0.2) is 5.58 Å². The number of rotatable bonds is 4. The van der Waals surface area contributed by atoms with Crippen LogP contribution in [0.2, 0.25) is 10.0 Å². The third kappa shape index (κ3) is 3.90. The van der Waals surface area contributed by atoms with E-state index in [1.807, 2.05) is 42.0 Å². The summed E-state index contributed by atoms with van der Waals surface area (Å²) >= 11 is 12.1. The summed E-state index contributed by atoms with van der Waals surface area (Å²) in [5.41, 5.74) is 1.16. The van der Waals surface area contributed by atoms with E-state index in [9.17, 15) is 9.59 Å². The van der Waals surface area contributed by atoms with Crippen molar-refractivity contribution >= 4 is 40.1 Å². The summed E-state index contributed by atoms with van der Waals surface area (Å²) in [7, 11) is 0. The molecule has 4 rings (SSSR count). The second-order valence-corrected chi connectivity index (χ2v) is 7.35. The first-order valence-corrected chi connectivity index (χ1v) is 9.50. The van der Waals surface area contributed by atoms with Gasteiger partial charge in [-0.2, -0.15) is 0 Å². The first-order chi connectivity index (χ1) is 13.9. The maximum atomic E-state index is 12.7. The van der Waals surface area contributed by atoms with E-state index in [0.29, 0.717) is 10.4 Å². The molecule has 8 heteroatoms. The molecule has 2 heterocycles. The summed E-state index contributed by atoms with van der Waals surface area (Å²) in [6.07, 6.45) is 5.25. The summed E-state index contributed by atoms with van der Waals surface area (Å²) in [5.74, 6) is -0.539. The van der Waals surface area contributed by atoms with Crippen molar-refractivity contribution in [3.63, 3.8) is 0 Å². The van der Waals surface area contributed by atoms with Gasteiger partial charge in [-0.1, -0.05) is 35.3 Å². The minimum Gasteiger partial charge on any atom is -0.421 e. The molecule has 0 aliphatic heterocycles. The Hall–Kier alpha value is -3.09. The summed E-state index contributed by atoms with van der Waals surface area (Å²) in [6, 6.07) is 11.8. The second kappa shape index (κ2) is 7.73. The van der Waals surface area contributed by atoms with Gasteiger partial charge in [0.25, 0.3) is 5.91 Å². The topological polar surface area (TPSA) is 77.1 Å². The fraction of sp³-hybridized carbons (Fsp3) is 0.0952. The Bertz CT molecular complexity index is 1250. The Morgan fingerprint density at radius 1 is 1.17 bits per heavy atom. The normalized spacial score (nSPS) is 12.1. The molecule has 0 saturated carbocycles. The molecule has 1 amide bonds. The summed E-state index contributed by atoms with van der Waals surface area (Å²) in [4.78, 5) is 29.0. The van der Waals surface area contributed by atoms with E-state index in [-0.39, 0.29) is 22.2 Å². The van der Waals surface area contributed by atoms with Gasteiger partial charge in [-0.15, -0.1) is 0 Å². The minimum atomic E-state index is -0.762. The van der Waals surface area contributed by atoms with Gasteiger partial charge in [0, 0.05) is 28.5 Å². The highest BCUT2D eigenvalue weighted by atomic mass is 35.5. The molecule has 29 heavy (non-hydrogen) atoms. The third-order valence-electron chi connectivity index (χ3n) is 4.54. The molecular weight excluding hydrogens is 413 g/mol. The van der Waals surface area contributed by atoms with Crippen molar-refractivity contribution in [1.82, 2.24) is 14.9 Å². The lowest BCUT2D eigenvalue weighted by atomic mass is 10.1. The predicted octanol–water partition coefficient (Wildman–Crippen LogP) is 4.78. The average Bonchev–Trinajstić information content (AvgIpc) is 3.23. The van der Waals surface area contributed by atoms with Crippen LogP contribution in [-0.2, 0) is 0 Å². The molecule has 0 saturated heterocycles. The molecule has 1 atom stereocenters. The Balaban J connectivity index is 1.57. The van der Waals surface area contributed by atoms with Crippen LogP contribution in [0.15, 0.2) is 70.4 Å². The quantitative estimate of drug-likeness (QED) is 0.475. The van der Waals surface area contributed by atoms with E-state index in [2.05, 4.69) is 10.3 Å². The average molecular weight is 428 g/mol. The van der Waals surface area contributed by atoms with Gasteiger partial charge in [-0.05, 0) is 42.8 Å². The number of halogens is 2. The van der Waals surface area contributed by atoms with Gasteiger partial charge in [0.1, 0.15) is 5.56 Å². The van der Waals surface area contributed by atoms with Gasteiger partial charge in [0.2, 0.25) is 0 Å². The summed E-state index contributed by atoms with van der Waals surface area (Å²) in [5, 5.41) is 3.89. The van der Waals surface area contributed by atoms with Gasteiger partial charge < -0.3 is 14.3 Å². The van der Waals surface area contributed by atoms with Crippen molar-refractivity contribution in [2.45, 2.75) is 13.0 Å². The second-order valence-electron chi connectivity index (χ2n) is 6.51. The zero-order chi connectivity index (χ0) is 20.5. The third-order valence-corrected chi connectivity index (χ3v) is 5.04. The molecule has 0 bridgehead atoms. The van der Waals surface area contributed by atoms with E-state index < -0.39 is 11.5 Å². The summed E-state index contributed by atoms with van der Waals surface area (Å²) < 4.78 is 7.11. The van der Waals surface area contributed by atoms with E-state index >= 15 is 0 Å². The Kier molecular flexibility index (Phi) is 5.13. The van der Waals surface area contributed by atoms with Crippen LogP contribution in [0.4, 0.5) is 0 Å². The van der Waals surface area contributed by atoms with Crippen molar-refractivity contribution in [3.8, 4) is 5.69 Å². The highest BCUT2D eigenvalue weighted by molar-refractivity contribution is 6.38. The first-order valence-electron chi connectivity index (χ1n) is 8.74. The van der Waals surface area contributed by atoms with E-state index in [1.54, 1.807) is 18.6 Å². The molecule has 6 nitrogen and oxygen atoms in total. The van der Waals surface area contributed by atoms with Gasteiger partial charge in [0.05, 0.1) is 17.4 Å². The molecule has 1 N–H and O–H groups in total. The maximum Gasteiger partial charge on any atom is 0.349 e. The lowest BCUT2D eigenvalue weighted by Crippen LogP contribution is -2.30. The van der Waals surface area contributed by atoms with Gasteiger partial charge >= 0.3 is 5.63 Å². The van der Waals surface area contributed by atoms with E-state index in [4.69, 9.17) is 27.6 Å². The van der Waals surface area contributed by atoms with Crippen molar-refractivity contribution < 1.29 is 9.21 Å². The van der Waals surface area contributed by atoms with Crippen LogP contribution >= 0.6 is 23.2 Å². The van der Waals surface area contributed by atoms with Crippen molar-refractivity contribution in [1.29, 1.82) is 0 Å². The van der Waals surface area contributed by atoms with E-state index in [1.165, 1.54) is 12.1 Å². The number of benzene rings is 2. The predicted molar refractivity (Wildman–Crippen MR) is 112 cm³/mol. The van der Waals surface area contributed by atoms with Gasteiger partial charge in [-0.3, -0.25) is 4.79 Å². The molecule has 2 aromatic carbocycles. The van der Waals surface area contributed by atoms with Crippen molar-refractivity contribution in [2.24, 2.45) is 0 Å². The van der Waals surface area contributed by atoms with Crippen LogP contribution < -0.4 is 10.9 Å². The number of imidazole rings is 1. The monoisotopic (exact) mass is 427 g/mol. The highest BCUT2D eigenvalue weighted by Crippen LogP contribution is 2.27. The van der Waals surface area contributed by atoms with Crippen LogP contribution in [0.25, 0.3) is 16.7 Å². The minimum absolute atomic E-state index is 0.113. The first kappa shape index (κ1) is 19.2. The number of aromatic nitrogens is 2. The Morgan fingerprint density at radius 3 is 2.62 bits per heavy atom. The van der Waals surface area contributed by atoms with Crippen LogP contribution in [-0.4, -0.2) is 15.5 Å². The number of amides is 1. The fourth-order valence-electron chi connectivity index (χ4n) is 3.02. The zero-order valence-corrected chi connectivity index (χ0v) is 16.7. The smallest absolute Gasteiger partial charge is 0.349 e. The SMILES string of the molecule is C[C@@H](NC(=O)c1cc2cc(Cl)cc(Cl)c2oc1=O)c1ccc(-n2ccnc2)cc1. The number of carbonyl (C=O) groups excluding carboxylic acids is 1. The van der Waals surface area contributed by atoms with Crippen LogP contribution in [0, 0.1) is 0 Å². The summed E-state index contributed by atoms with van der Waals surface area (Å²) in [6.45, 7) is 1.83. The number of fused-ring (bicyclic) bond motifs is 1. The zero-order valence-electron chi connectivity index (χ0n) is 15.2. The maximum absolute atomic E-state index is 12.7. The van der Waals surface area contributed by atoms with E-state index in [0.717, 1.165) is 11.3 Å². The molecule has 0 fully saturated rings. The number of carbonyl (C=O) groups is 1. The number of hydrogen-bond acceptors (Lipinski definition) is 4. The van der Waals surface area contributed by atoms with Crippen LogP contribution in [0.5, 0.6) is 0 Å². The molecule has 0 radical (unpaired) electrons. The molecule has 0 aliphatic rings. The molecule has 0 unspecified atom stereocenters. The lowest BCUT2D eigenvalue weighted by Gasteiger charge is -2.15. The van der Waals surface area contributed by atoms with Crippen LogP contribution in [0.1, 0.15) is 28.9 Å². The van der Waals surface area contributed by atoms with Crippen molar-refractivity contribution in [3.05, 3.63) is 92.8 Å². The Labute approximate surface area is 175 Å². The molecule has 2 aromatic heterocycles. The van der Waals surface area contributed by atoms with Crippen LogP contribution in [0.3, 0.4) is 0 Å². The van der Waals surface area contributed by atoms with Gasteiger partial charge in [-0.25, -0.2) is 9.78 Å². The lowest BCUT2D eigenvalue weighted by molar-refractivity contribution is 0.0936. The molecule has 0 aliphatic carbocycles. The Morgan fingerprint density at radius 2 is 1.93 bits per heavy atom. The van der Waals surface area contributed by atoms with Crippen molar-refractivity contribution in [2.75, 3.05) is 0 Å². The molecular formula is C21H15Cl2N3O3. The molecule has 0 spiro atoms. The number of nitrogens with zero attached hydrogens (tertiary/aromatic N) is 2. The highest BCUT2D eigenvalue weighted by Gasteiger charge is 2.18. The fourth-order valence-corrected chi connectivity index (χ4v) is 3.57. The standard InChI is InChI=1S/C21H15Cl2N3O3/c1-12(13-2-4-16(5-3-13)26-7-6-24-11-26)25-20(27)17-9-14-8-15(22)10-18(23)19(14)29-21(17)28/h2-12H,1H3,(H,25,27)/t12-/m1/s1. The number of hydrogen-bond donors (Lipinski definition) is 1. The molecule has 4 aromatic rings. The molecule has 146 valence electrons. The largest absolute Gasteiger partial charge is 0.421 e. The number of nitrogens with one attached hydrogen (secondary N) is 1.